The first-order valence-corrected chi connectivity index (χ1v) is 6.65. The fraction of sp³-hybridized carbons (Fsp3) is 0.250. The highest BCUT2D eigenvalue weighted by atomic mass is 35.5. The molecule has 0 aliphatic rings. The molecule has 1 unspecified atom stereocenters. The third-order valence-corrected chi connectivity index (χ3v) is 3.50. The van der Waals surface area contributed by atoms with Gasteiger partial charge in [0.15, 0.2) is 0 Å². The fourth-order valence-electron chi connectivity index (χ4n) is 1.85. The monoisotopic (exact) mass is 275 g/mol. The molecular formula is C16H18ClNO. The fourth-order valence-corrected chi connectivity index (χ4v) is 2.20. The molecule has 1 atom stereocenters. The smallest absolute Gasteiger partial charge is 0.128 e. The van der Waals surface area contributed by atoms with Gasteiger partial charge in [0.05, 0.1) is 0 Å². The van der Waals surface area contributed by atoms with E-state index >= 15 is 0 Å². The molecule has 0 amide bonds. The minimum absolute atomic E-state index is 0.0804. The second-order valence-electron chi connectivity index (χ2n) is 4.82. The molecule has 2 rings (SSSR count). The Morgan fingerprint density at radius 1 is 1.00 bits per heavy atom. The van der Waals surface area contributed by atoms with E-state index in [1.165, 1.54) is 11.1 Å². The summed E-state index contributed by atoms with van der Waals surface area (Å²) >= 11 is 6.19. The molecule has 0 saturated heterocycles. The molecule has 100 valence electrons. The quantitative estimate of drug-likeness (QED) is 0.876. The van der Waals surface area contributed by atoms with Crippen LogP contribution in [0, 0.1) is 13.8 Å². The standard InChI is InChI=1S/C16H18ClNO/c1-10-4-5-13(8-11(10)2)19-14-6-7-15(12(3)18)16(17)9-14/h4-9,12H,18H2,1-3H3. The van der Waals surface area contributed by atoms with Crippen molar-refractivity contribution >= 4 is 11.6 Å². The molecule has 2 aromatic rings. The zero-order valence-electron chi connectivity index (χ0n) is 11.4. The summed E-state index contributed by atoms with van der Waals surface area (Å²) in [4.78, 5) is 0. The summed E-state index contributed by atoms with van der Waals surface area (Å²) in [6.45, 7) is 6.05. The molecule has 0 aromatic heterocycles. The summed E-state index contributed by atoms with van der Waals surface area (Å²) < 4.78 is 5.80. The zero-order valence-corrected chi connectivity index (χ0v) is 12.2. The summed E-state index contributed by atoms with van der Waals surface area (Å²) in [5.41, 5.74) is 9.21. The summed E-state index contributed by atoms with van der Waals surface area (Å²) in [5.74, 6) is 1.53. The molecule has 2 aromatic carbocycles. The highest BCUT2D eigenvalue weighted by Crippen LogP contribution is 2.29. The molecule has 0 heterocycles. The van der Waals surface area contributed by atoms with Crippen LogP contribution in [0.5, 0.6) is 11.5 Å². The highest BCUT2D eigenvalue weighted by Gasteiger charge is 2.07. The second kappa shape index (κ2) is 5.64. The van der Waals surface area contributed by atoms with Crippen molar-refractivity contribution < 1.29 is 4.74 Å². The van der Waals surface area contributed by atoms with Gasteiger partial charge in [-0.05, 0) is 61.7 Å². The largest absolute Gasteiger partial charge is 0.457 e. The van der Waals surface area contributed by atoms with Crippen molar-refractivity contribution in [3.8, 4) is 11.5 Å². The first-order valence-electron chi connectivity index (χ1n) is 6.27. The van der Waals surface area contributed by atoms with Gasteiger partial charge in [-0.3, -0.25) is 0 Å². The molecule has 0 fully saturated rings. The number of aryl methyl sites for hydroxylation is 2. The Labute approximate surface area is 119 Å². The van der Waals surface area contributed by atoms with Gasteiger partial charge in [-0.15, -0.1) is 0 Å². The number of rotatable bonds is 3. The lowest BCUT2D eigenvalue weighted by Crippen LogP contribution is -2.05. The van der Waals surface area contributed by atoms with Crippen LogP contribution in [-0.4, -0.2) is 0 Å². The van der Waals surface area contributed by atoms with Crippen molar-refractivity contribution in [1.82, 2.24) is 0 Å². The molecule has 0 bridgehead atoms. The van der Waals surface area contributed by atoms with Crippen LogP contribution in [0.1, 0.15) is 29.7 Å². The number of benzene rings is 2. The van der Waals surface area contributed by atoms with Gasteiger partial charge in [-0.25, -0.2) is 0 Å². The molecule has 3 heteroatoms. The molecule has 0 radical (unpaired) electrons. The average Bonchev–Trinajstić information content (AvgIpc) is 2.33. The van der Waals surface area contributed by atoms with E-state index in [4.69, 9.17) is 22.1 Å². The minimum atomic E-state index is -0.0804. The number of nitrogens with two attached hydrogens (primary N) is 1. The Bertz CT molecular complexity index is 593. The van der Waals surface area contributed by atoms with E-state index in [1.807, 2.05) is 37.3 Å². The normalized spacial score (nSPS) is 12.3. The minimum Gasteiger partial charge on any atom is -0.457 e. The van der Waals surface area contributed by atoms with E-state index in [0.29, 0.717) is 5.02 Å². The molecule has 0 aliphatic heterocycles. The van der Waals surface area contributed by atoms with Gasteiger partial charge >= 0.3 is 0 Å². The van der Waals surface area contributed by atoms with Crippen LogP contribution in [0.2, 0.25) is 5.02 Å². The van der Waals surface area contributed by atoms with Crippen molar-refractivity contribution in [3.63, 3.8) is 0 Å². The second-order valence-corrected chi connectivity index (χ2v) is 5.23. The molecular weight excluding hydrogens is 258 g/mol. The third-order valence-electron chi connectivity index (χ3n) is 3.18. The van der Waals surface area contributed by atoms with Gasteiger partial charge < -0.3 is 10.5 Å². The maximum absolute atomic E-state index is 6.19. The van der Waals surface area contributed by atoms with E-state index in [1.54, 1.807) is 6.07 Å². The first-order chi connectivity index (χ1) is 8.97. The maximum Gasteiger partial charge on any atom is 0.128 e. The third kappa shape index (κ3) is 3.28. The molecule has 19 heavy (non-hydrogen) atoms. The van der Waals surface area contributed by atoms with Gasteiger partial charge in [0.2, 0.25) is 0 Å². The highest BCUT2D eigenvalue weighted by molar-refractivity contribution is 6.31. The van der Waals surface area contributed by atoms with Crippen LogP contribution in [0.25, 0.3) is 0 Å². The Morgan fingerprint density at radius 3 is 2.21 bits per heavy atom. The van der Waals surface area contributed by atoms with Crippen LogP contribution in [0.3, 0.4) is 0 Å². The SMILES string of the molecule is Cc1ccc(Oc2ccc(C(C)N)c(Cl)c2)cc1C. The van der Waals surface area contributed by atoms with Crippen LogP contribution in [0.15, 0.2) is 36.4 Å². The van der Waals surface area contributed by atoms with Crippen LogP contribution in [-0.2, 0) is 0 Å². The molecule has 2 nitrogen and oxygen atoms in total. The van der Waals surface area contributed by atoms with Gasteiger partial charge in [0.25, 0.3) is 0 Å². The van der Waals surface area contributed by atoms with Crippen molar-refractivity contribution in [1.29, 1.82) is 0 Å². The number of halogens is 1. The van der Waals surface area contributed by atoms with Crippen LogP contribution >= 0.6 is 11.6 Å². The van der Waals surface area contributed by atoms with E-state index in [0.717, 1.165) is 17.1 Å². The summed E-state index contributed by atoms with van der Waals surface area (Å²) in [5, 5.41) is 0.635. The van der Waals surface area contributed by atoms with E-state index < -0.39 is 0 Å². The Morgan fingerprint density at radius 2 is 1.63 bits per heavy atom. The van der Waals surface area contributed by atoms with Gasteiger partial charge in [-0.2, -0.15) is 0 Å². The number of ether oxygens (including phenoxy) is 1. The Hall–Kier alpha value is -1.51. The average molecular weight is 276 g/mol. The predicted octanol–water partition coefficient (Wildman–Crippen LogP) is 4.77. The van der Waals surface area contributed by atoms with Crippen molar-refractivity contribution in [3.05, 3.63) is 58.1 Å². The van der Waals surface area contributed by atoms with E-state index in [9.17, 15) is 0 Å². The van der Waals surface area contributed by atoms with Crippen molar-refractivity contribution in [2.75, 3.05) is 0 Å². The van der Waals surface area contributed by atoms with Crippen LogP contribution < -0.4 is 10.5 Å². The summed E-state index contributed by atoms with van der Waals surface area (Å²) in [7, 11) is 0. The summed E-state index contributed by atoms with van der Waals surface area (Å²) in [6, 6.07) is 11.5. The van der Waals surface area contributed by atoms with E-state index in [2.05, 4.69) is 13.8 Å². The molecule has 0 aliphatic carbocycles. The molecule has 2 N–H and O–H groups in total. The Balaban J connectivity index is 2.24. The lowest BCUT2D eigenvalue weighted by atomic mass is 10.1. The maximum atomic E-state index is 6.19. The predicted molar refractivity (Wildman–Crippen MR) is 80.0 cm³/mol. The summed E-state index contributed by atoms with van der Waals surface area (Å²) in [6.07, 6.45) is 0. The topological polar surface area (TPSA) is 35.2 Å². The lowest BCUT2D eigenvalue weighted by Gasteiger charge is -2.12. The zero-order chi connectivity index (χ0) is 14.0. The molecule has 0 saturated carbocycles. The molecule has 0 spiro atoms. The van der Waals surface area contributed by atoms with Crippen molar-refractivity contribution in [2.24, 2.45) is 5.73 Å². The van der Waals surface area contributed by atoms with Gasteiger partial charge in [0.1, 0.15) is 11.5 Å². The van der Waals surface area contributed by atoms with Gasteiger partial charge in [-0.1, -0.05) is 23.7 Å². The first kappa shape index (κ1) is 13.9. The van der Waals surface area contributed by atoms with E-state index in [-0.39, 0.29) is 6.04 Å². The number of hydrogen-bond acceptors (Lipinski definition) is 2. The lowest BCUT2D eigenvalue weighted by molar-refractivity contribution is 0.482. The van der Waals surface area contributed by atoms with Crippen molar-refractivity contribution in [2.45, 2.75) is 26.8 Å². The van der Waals surface area contributed by atoms with Crippen LogP contribution in [0.4, 0.5) is 0 Å². The van der Waals surface area contributed by atoms with Gasteiger partial charge in [0, 0.05) is 11.1 Å². The Kier molecular flexibility index (Phi) is 4.13. The number of hydrogen-bond donors (Lipinski definition) is 1.